The van der Waals surface area contributed by atoms with Crippen molar-refractivity contribution < 1.29 is 14.7 Å². The Morgan fingerprint density at radius 2 is 1.86 bits per heavy atom. The van der Waals surface area contributed by atoms with Gasteiger partial charge in [-0.1, -0.05) is 0 Å². The molecule has 2 amide bonds. The molecule has 0 bridgehead atoms. The molecule has 3 rings (SSSR count). The van der Waals surface area contributed by atoms with E-state index in [9.17, 15) is 4.79 Å². The molecule has 156 valence electrons. The van der Waals surface area contributed by atoms with Gasteiger partial charge in [-0.15, -0.1) is 0 Å². The fraction of sp³-hybridized carbons (Fsp3) is 0.684. The highest BCUT2D eigenvalue weighted by Crippen LogP contribution is 2.19. The molecule has 9 nitrogen and oxygen atoms in total. The topological polar surface area (TPSA) is 102 Å². The van der Waals surface area contributed by atoms with Gasteiger partial charge in [-0.05, 0) is 45.1 Å². The van der Waals surface area contributed by atoms with Crippen molar-refractivity contribution in [3.8, 4) is 0 Å². The van der Waals surface area contributed by atoms with Crippen LogP contribution in [0.3, 0.4) is 0 Å². The maximum Gasteiger partial charge on any atom is 0.319 e. The van der Waals surface area contributed by atoms with Crippen molar-refractivity contribution in [1.29, 1.82) is 0 Å². The molecule has 1 aromatic heterocycles. The molecule has 0 aromatic carbocycles. The summed E-state index contributed by atoms with van der Waals surface area (Å²) in [4.78, 5) is 36.0. The summed E-state index contributed by atoms with van der Waals surface area (Å²) in [6.45, 7) is 6.21. The number of nitrogens with one attached hydrogen (secondary N) is 1. The van der Waals surface area contributed by atoms with Gasteiger partial charge < -0.3 is 25.1 Å². The summed E-state index contributed by atoms with van der Waals surface area (Å²) in [5.41, 5.74) is 0. The minimum atomic E-state index is -0.250. The molecule has 0 radical (unpaired) electrons. The summed E-state index contributed by atoms with van der Waals surface area (Å²) in [5, 5.41) is 10.3. The first-order valence-electron chi connectivity index (χ1n) is 10.0. The number of carboxylic acid groups (broad SMARTS) is 1. The second kappa shape index (κ2) is 11.3. The van der Waals surface area contributed by atoms with Crippen LogP contribution in [0.1, 0.15) is 39.0 Å². The summed E-state index contributed by atoms with van der Waals surface area (Å²) < 4.78 is 0. The molecule has 2 fully saturated rings. The molecule has 1 aromatic rings. The fourth-order valence-electron chi connectivity index (χ4n) is 3.48. The van der Waals surface area contributed by atoms with E-state index in [1.54, 1.807) is 6.20 Å². The Bertz CT molecular complexity index is 615. The fourth-order valence-corrected chi connectivity index (χ4v) is 3.48. The van der Waals surface area contributed by atoms with Gasteiger partial charge in [0.05, 0.1) is 0 Å². The van der Waals surface area contributed by atoms with Gasteiger partial charge >= 0.3 is 6.03 Å². The Morgan fingerprint density at radius 1 is 1.25 bits per heavy atom. The predicted octanol–water partition coefficient (Wildman–Crippen LogP) is 2.12. The Balaban J connectivity index is 0.000000878. The van der Waals surface area contributed by atoms with E-state index in [2.05, 4.69) is 27.1 Å². The average Bonchev–Trinajstić information content (AvgIpc) is 2.74. The van der Waals surface area contributed by atoms with Crippen molar-refractivity contribution in [2.24, 2.45) is 0 Å². The Morgan fingerprint density at radius 3 is 2.46 bits per heavy atom. The van der Waals surface area contributed by atoms with Gasteiger partial charge in [0.2, 0.25) is 5.95 Å². The molecule has 0 atom stereocenters. The van der Waals surface area contributed by atoms with Crippen LogP contribution in [0, 0.1) is 0 Å². The number of anilines is 2. The van der Waals surface area contributed by atoms with Crippen molar-refractivity contribution in [1.82, 2.24) is 19.8 Å². The zero-order valence-corrected chi connectivity index (χ0v) is 16.9. The molecular weight excluding hydrogens is 360 g/mol. The summed E-state index contributed by atoms with van der Waals surface area (Å²) in [5.74, 6) is 1.61. The first kappa shape index (κ1) is 21.7. The molecule has 2 saturated heterocycles. The lowest BCUT2D eigenvalue weighted by Crippen LogP contribution is -2.49. The third-order valence-electron chi connectivity index (χ3n) is 5.23. The molecule has 9 heteroatoms. The highest BCUT2D eigenvalue weighted by Gasteiger charge is 2.27. The van der Waals surface area contributed by atoms with Crippen LogP contribution in [-0.2, 0) is 4.79 Å². The minimum absolute atomic E-state index is 0.223. The monoisotopic (exact) mass is 392 g/mol. The molecule has 3 heterocycles. The van der Waals surface area contributed by atoms with Crippen LogP contribution < -0.4 is 10.2 Å². The largest absolute Gasteiger partial charge is 0.483 e. The van der Waals surface area contributed by atoms with Crippen molar-refractivity contribution in [2.75, 3.05) is 50.0 Å². The molecule has 28 heavy (non-hydrogen) atoms. The highest BCUT2D eigenvalue weighted by atomic mass is 16.3. The van der Waals surface area contributed by atoms with E-state index in [0.717, 1.165) is 64.2 Å². The van der Waals surface area contributed by atoms with Gasteiger partial charge in [-0.2, -0.15) is 4.98 Å². The van der Waals surface area contributed by atoms with E-state index in [-0.39, 0.29) is 12.5 Å². The molecular formula is C19H32N6O3. The molecule has 0 spiro atoms. The zero-order valence-electron chi connectivity index (χ0n) is 16.9. The number of carbonyl (C=O) groups is 2. The minimum Gasteiger partial charge on any atom is -0.483 e. The van der Waals surface area contributed by atoms with E-state index in [4.69, 9.17) is 9.90 Å². The van der Waals surface area contributed by atoms with Gasteiger partial charge in [0.15, 0.2) is 0 Å². The quantitative estimate of drug-likeness (QED) is 0.757. The number of likely N-dealkylation sites (tertiary alicyclic amines) is 2. The predicted molar refractivity (Wildman–Crippen MR) is 109 cm³/mol. The van der Waals surface area contributed by atoms with Crippen LogP contribution >= 0.6 is 0 Å². The molecule has 0 unspecified atom stereocenters. The second-order valence-electron chi connectivity index (χ2n) is 7.09. The van der Waals surface area contributed by atoms with Crippen LogP contribution in [0.25, 0.3) is 0 Å². The highest BCUT2D eigenvalue weighted by molar-refractivity contribution is 5.74. The van der Waals surface area contributed by atoms with E-state index < -0.39 is 0 Å². The van der Waals surface area contributed by atoms with Gasteiger partial charge in [0.1, 0.15) is 5.82 Å². The number of hydrogen-bond acceptors (Lipinski definition) is 6. The third-order valence-corrected chi connectivity index (χ3v) is 5.23. The maximum absolute atomic E-state index is 12.6. The molecule has 0 saturated carbocycles. The number of aromatic nitrogens is 2. The lowest BCUT2D eigenvalue weighted by Gasteiger charge is -2.37. The molecule has 0 aliphatic carbocycles. The van der Waals surface area contributed by atoms with Gasteiger partial charge in [-0.3, -0.25) is 4.79 Å². The van der Waals surface area contributed by atoms with Crippen LogP contribution in [0.4, 0.5) is 16.6 Å². The van der Waals surface area contributed by atoms with Crippen LogP contribution in [0.15, 0.2) is 12.3 Å². The van der Waals surface area contributed by atoms with E-state index in [0.29, 0.717) is 12.0 Å². The van der Waals surface area contributed by atoms with Crippen LogP contribution in [-0.4, -0.2) is 83.2 Å². The number of amides is 2. The summed E-state index contributed by atoms with van der Waals surface area (Å²) in [6.07, 6.45) is 7.22. The molecule has 2 aliphatic heterocycles. The Labute approximate surface area is 166 Å². The van der Waals surface area contributed by atoms with Crippen LogP contribution in [0.5, 0.6) is 0 Å². The first-order chi connectivity index (χ1) is 13.6. The molecule has 2 N–H and O–H groups in total. The zero-order chi connectivity index (χ0) is 20.4. The van der Waals surface area contributed by atoms with Gasteiger partial charge in [0.25, 0.3) is 6.47 Å². The number of hydrogen-bond donors (Lipinski definition) is 2. The number of carbonyl (C=O) groups excluding carboxylic acids is 1. The standard InChI is InChI=1S/C18H30N6O.CH2O2/c1-3-22(2)16-7-10-19-17(21-16)20-15-8-13-24(14-9-15)18(25)23-11-5-4-6-12-23;2-1-3/h7,10,15H,3-6,8-9,11-14H2,1-2H3,(H,19,20,21);1H,(H,2,3). The number of nitrogens with zero attached hydrogens (tertiary/aromatic N) is 5. The third kappa shape index (κ3) is 6.24. The second-order valence-corrected chi connectivity index (χ2v) is 7.09. The van der Waals surface area contributed by atoms with Crippen molar-refractivity contribution in [3.63, 3.8) is 0 Å². The average molecular weight is 393 g/mol. The van der Waals surface area contributed by atoms with E-state index in [1.807, 2.05) is 22.9 Å². The smallest absolute Gasteiger partial charge is 0.319 e. The van der Waals surface area contributed by atoms with Gasteiger partial charge in [-0.25, -0.2) is 9.78 Å². The van der Waals surface area contributed by atoms with Gasteiger partial charge in [0, 0.05) is 52.0 Å². The van der Waals surface area contributed by atoms with E-state index in [1.165, 1.54) is 6.42 Å². The first-order valence-corrected chi connectivity index (χ1v) is 10.0. The van der Waals surface area contributed by atoms with E-state index >= 15 is 0 Å². The Hall–Kier alpha value is -2.58. The normalized spacial score (nSPS) is 17.4. The van der Waals surface area contributed by atoms with Crippen molar-refractivity contribution >= 4 is 24.3 Å². The maximum atomic E-state index is 12.6. The number of rotatable bonds is 4. The summed E-state index contributed by atoms with van der Waals surface area (Å²) >= 11 is 0. The number of piperidine rings is 2. The lowest BCUT2D eigenvalue weighted by molar-refractivity contribution is -0.122. The van der Waals surface area contributed by atoms with Crippen LogP contribution in [0.2, 0.25) is 0 Å². The van der Waals surface area contributed by atoms with Crippen molar-refractivity contribution in [3.05, 3.63) is 12.3 Å². The number of urea groups is 1. The van der Waals surface area contributed by atoms with Crippen molar-refractivity contribution in [2.45, 2.75) is 45.1 Å². The summed E-state index contributed by atoms with van der Waals surface area (Å²) in [7, 11) is 2.02. The summed E-state index contributed by atoms with van der Waals surface area (Å²) in [6, 6.07) is 2.47. The SMILES string of the molecule is CCN(C)c1ccnc(NC2CCN(C(=O)N3CCCCC3)CC2)n1.O=CO. The Kier molecular flexibility index (Phi) is 8.77. The molecule has 2 aliphatic rings. The lowest BCUT2D eigenvalue weighted by atomic mass is 10.1.